The minimum absolute atomic E-state index is 0.0813. The molecule has 1 fully saturated rings. The minimum atomic E-state index is -3.68. The number of sulfonamides is 1. The average Bonchev–Trinajstić information content (AvgIpc) is 2.88. The summed E-state index contributed by atoms with van der Waals surface area (Å²) < 4.78 is 33.8. The highest BCUT2D eigenvalue weighted by Crippen LogP contribution is 2.26. The molecule has 3 aromatic rings. The van der Waals surface area contributed by atoms with E-state index in [1.165, 1.54) is 16.4 Å². The van der Waals surface area contributed by atoms with Crippen molar-refractivity contribution in [2.75, 3.05) is 39.3 Å². The van der Waals surface area contributed by atoms with E-state index in [0.29, 0.717) is 32.8 Å². The second-order valence-corrected chi connectivity index (χ2v) is 9.83. The number of nitriles is 1. The molecule has 0 saturated carbocycles. The molecule has 0 aromatic heterocycles. The van der Waals surface area contributed by atoms with Gasteiger partial charge in [0.2, 0.25) is 10.0 Å². The van der Waals surface area contributed by atoms with E-state index in [1.807, 2.05) is 42.5 Å². The molecule has 6 nitrogen and oxygen atoms in total. The van der Waals surface area contributed by atoms with Crippen LogP contribution in [0.5, 0.6) is 0 Å². The van der Waals surface area contributed by atoms with E-state index in [-0.39, 0.29) is 16.6 Å². The first-order chi connectivity index (χ1) is 16.1. The first-order valence-electron chi connectivity index (χ1n) is 11.0. The Balaban J connectivity index is 1.34. The van der Waals surface area contributed by atoms with Crippen molar-refractivity contribution >= 4 is 10.0 Å². The summed E-state index contributed by atoms with van der Waals surface area (Å²) in [7, 11) is -3.68. The van der Waals surface area contributed by atoms with Crippen LogP contribution in [0.3, 0.4) is 0 Å². The number of piperazine rings is 1. The molecule has 0 bridgehead atoms. The van der Waals surface area contributed by atoms with E-state index < -0.39 is 10.0 Å². The molecule has 170 valence electrons. The van der Waals surface area contributed by atoms with Gasteiger partial charge < -0.3 is 4.74 Å². The lowest BCUT2D eigenvalue weighted by Gasteiger charge is -2.34. The molecule has 3 aromatic carbocycles. The van der Waals surface area contributed by atoms with Crippen molar-refractivity contribution in [2.45, 2.75) is 11.0 Å². The lowest BCUT2D eigenvalue weighted by Crippen LogP contribution is -2.49. The lowest BCUT2D eigenvalue weighted by molar-refractivity contribution is 0.0527. The van der Waals surface area contributed by atoms with Gasteiger partial charge in [-0.05, 0) is 23.3 Å². The largest absolute Gasteiger partial charge is 0.367 e. The van der Waals surface area contributed by atoms with Crippen molar-refractivity contribution in [3.63, 3.8) is 0 Å². The summed E-state index contributed by atoms with van der Waals surface area (Å²) in [6.45, 7) is 3.29. The maximum Gasteiger partial charge on any atom is 0.244 e. The first-order valence-corrected chi connectivity index (χ1v) is 12.5. The molecule has 0 N–H and O–H groups in total. The van der Waals surface area contributed by atoms with E-state index in [4.69, 9.17) is 4.74 Å². The smallest absolute Gasteiger partial charge is 0.244 e. The molecule has 1 saturated heterocycles. The van der Waals surface area contributed by atoms with Crippen molar-refractivity contribution < 1.29 is 13.2 Å². The fourth-order valence-corrected chi connectivity index (χ4v) is 5.62. The molecule has 1 heterocycles. The highest BCUT2D eigenvalue weighted by molar-refractivity contribution is 7.89. The zero-order valence-electron chi connectivity index (χ0n) is 18.4. The highest BCUT2D eigenvalue weighted by atomic mass is 32.2. The van der Waals surface area contributed by atoms with Gasteiger partial charge in [0.1, 0.15) is 12.2 Å². The molecule has 0 radical (unpaired) electrons. The van der Waals surface area contributed by atoms with Crippen LogP contribution in [-0.2, 0) is 14.8 Å². The monoisotopic (exact) mass is 461 g/mol. The Labute approximate surface area is 195 Å². The Morgan fingerprint density at radius 3 is 1.94 bits per heavy atom. The molecular formula is C26H27N3O3S. The van der Waals surface area contributed by atoms with Crippen LogP contribution in [0.2, 0.25) is 0 Å². The Hall–Kier alpha value is -3.02. The zero-order chi connectivity index (χ0) is 23.1. The normalized spacial score (nSPS) is 15.4. The van der Waals surface area contributed by atoms with Crippen molar-refractivity contribution in [2.24, 2.45) is 0 Å². The maximum atomic E-state index is 13.0. The van der Waals surface area contributed by atoms with Crippen LogP contribution in [0.4, 0.5) is 0 Å². The molecule has 4 rings (SSSR count). The highest BCUT2D eigenvalue weighted by Gasteiger charge is 2.30. The van der Waals surface area contributed by atoms with Crippen molar-refractivity contribution in [3.05, 3.63) is 102 Å². The molecule has 0 amide bonds. The summed E-state index contributed by atoms with van der Waals surface area (Å²) in [4.78, 5) is 2.30. The minimum Gasteiger partial charge on any atom is -0.367 e. The molecule has 0 aliphatic carbocycles. The fraction of sp³-hybridized carbons (Fsp3) is 0.269. The second kappa shape index (κ2) is 10.7. The second-order valence-electron chi connectivity index (χ2n) is 7.93. The molecule has 0 atom stereocenters. The van der Waals surface area contributed by atoms with Gasteiger partial charge in [-0.2, -0.15) is 9.57 Å². The number of benzene rings is 3. The van der Waals surface area contributed by atoms with Crippen molar-refractivity contribution in [3.8, 4) is 6.07 Å². The van der Waals surface area contributed by atoms with E-state index in [9.17, 15) is 13.7 Å². The summed E-state index contributed by atoms with van der Waals surface area (Å²) in [5.74, 6) is 0. The third kappa shape index (κ3) is 5.49. The Morgan fingerprint density at radius 2 is 1.36 bits per heavy atom. The predicted molar refractivity (Wildman–Crippen MR) is 127 cm³/mol. The van der Waals surface area contributed by atoms with Crippen LogP contribution < -0.4 is 0 Å². The van der Waals surface area contributed by atoms with Gasteiger partial charge in [-0.1, -0.05) is 72.8 Å². The molecule has 0 unspecified atom stereocenters. The van der Waals surface area contributed by atoms with E-state index in [0.717, 1.165) is 17.7 Å². The topological polar surface area (TPSA) is 73.6 Å². The van der Waals surface area contributed by atoms with Gasteiger partial charge in [0, 0.05) is 32.7 Å². The summed E-state index contributed by atoms with van der Waals surface area (Å²) in [5.41, 5.74) is 2.40. The van der Waals surface area contributed by atoms with Crippen LogP contribution in [-0.4, -0.2) is 57.0 Å². The predicted octanol–water partition coefficient (Wildman–Crippen LogP) is 3.67. The van der Waals surface area contributed by atoms with Crippen LogP contribution >= 0.6 is 0 Å². The summed E-state index contributed by atoms with van der Waals surface area (Å²) in [6, 6.07) is 28.7. The summed E-state index contributed by atoms with van der Waals surface area (Å²) in [6.07, 6.45) is -0.142. The Kier molecular flexibility index (Phi) is 7.53. The van der Waals surface area contributed by atoms with Gasteiger partial charge in [-0.25, -0.2) is 8.42 Å². The van der Waals surface area contributed by atoms with Crippen molar-refractivity contribution in [1.82, 2.24) is 9.21 Å². The van der Waals surface area contributed by atoms with Crippen molar-refractivity contribution in [1.29, 1.82) is 5.26 Å². The molecule has 1 aliphatic heterocycles. The third-order valence-corrected chi connectivity index (χ3v) is 7.81. The standard InChI is InChI=1S/C26H27N3O3S/c27-21-24-13-7-8-14-25(24)33(30,31)29-17-15-28(16-18-29)19-20-32-26(22-9-3-1-4-10-22)23-11-5-2-6-12-23/h1-14,26H,15-20H2. The molecule has 0 spiro atoms. The number of nitrogens with zero attached hydrogens (tertiary/aromatic N) is 3. The van der Waals surface area contributed by atoms with E-state index in [1.54, 1.807) is 12.1 Å². The zero-order valence-corrected chi connectivity index (χ0v) is 19.2. The van der Waals surface area contributed by atoms with Gasteiger partial charge in [-0.3, -0.25) is 4.90 Å². The van der Waals surface area contributed by atoms with E-state index in [2.05, 4.69) is 29.2 Å². The number of hydrogen-bond acceptors (Lipinski definition) is 5. The van der Waals surface area contributed by atoms with Gasteiger partial charge in [-0.15, -0.1) is 0 Å². The van der Waals surface area contributed by atoms with Gasteiger partial charge in [0.05, 0.1) is 17.1 Å². The number of rotatable bonds is 8. The van der Waals surface area contributed by atoms with E-state index >= 15 is 0 Å². The van der Waals surface area contributed by atoms with Crippen LogP contribution in [0, 0.1) is 11.3 Å². The van der Waals surface area contributed by atoms with Gasteiger partial charge in [0.15, 0.2) is 0 Å². The maximum absolute atomic E-state index is 13.0. The SMILES string of the molecule is N#Cc1ccccc1S(=O)(=O)N1CCN(CCOC(c2ccccc2)c2ccccc2)CC1. The molecular weight excluding hydrogens is 434 g/mol. The Bertz CT molecular complexity index is 1150. The first kappa shape index (κ1) is 23.1. The van der Waals surface area contributed by atoms with Gasteiger partial charge >= 0.3 is 0 Å². The number of hydrogen-bond donors (Lipinski definition) is 0. The van der Waals surface area contributed by atoms with Crippen LogP contribution in [0.15, 0.2) is 89.8 Å². The fourth-order valence-electron chi connectivity index (χ4n) is 4.06. The van der Waals surface area contributed by atoms with Gasteiger partial charge in [0.25, 0.3) is 0 Å². The Morgan fingerprint density at radius 1 is 0.818 bits per heavy atom. The molecule has 1 aliphatic rings. The summed E-state index contributed by atoms with van der Waals surface area (Å²) >= 11 is 0. The summed E-state index contributed by atoms with van der Waals surface area (Å²) in [5, 5.41) is 9.27. The molecule has 33 heavy (non-hydrogen) atoms. The lowest BCUT2D eigenvalue weighted by atomic mass is 10.0. The van der Waals surface area contributed by atoms with Crippen LogP contribution in [0.25, 0.3) is 0 Å². The molecule has 7 heteroatoms. The number of ether oxygens (including phenoxy) is 1. The quantitative estimate of drug-likeness (QED) is 0.512. The third-order valence-electron chi connectivity index (χ3n) is 5.85. The average molecular weight is 462 g/mol. The van der Waals surface area contributed by atoms with Crippen LogP contribution in [0.1, 0.15) is 22.8 Å².